The molecule has 0 aliphatic carbocycles. The smallest absolute Gasteiger partial charge is 0.230 e. The predicted octanol–water partition coefficient (Wildman–Crippen LogP) is -1.49. The van der Waals surface area contributed by atoms with Gasteiger partial charge in [0.2, 0.25) is 5.91 Å². The molecule has 34 heavy (non-hydrogen) atoms. The highest BCUT2D eigenvalue weighted by molar-refractivity contribution is 8.02. The summed E-state index contributed by atoms with van der Waals surface area (Å²) in [5.74, 6) is -1.79. The fraction of sp³-hybridized carbons (Fsp3) is 0.286. The molecule has 1 saturated heterocycles. The SMILES string of the molecule is CC(=O)C1(N)SC2CC(=O)N2C(C(=O)[O-])=C1C[n+]1ccc2n(Cc3cc(C(=N)N)co3)ccn21. The number of aromatic nitrogens is 3. The minimum absolute atomic E-state index is 0.0453. The number of amides is 1. The Morgan fingerprint density at radius 1 is 1.41 bits per heavy atom. The number of fused-ring (bicyclic) bond motifs is 2. The lowest BCUT2D eigenvalue weighted by atomic mass is 9.97. The van der Waals surface area contributed by atoms with Crippen molar-refractivity contribution >= 4 is 40.9 Å². The molecular weight excluding hydrogens is 462 g/mol. The van der Waals surface area contributed by atoms with Crippen LogP contribution < -0.4 is 21.3 Å². The lowest BCUT2D eigenvalue weighted by molar-refractivity contribution is -0.753. The Hall–Kier alpha value is -3.84. The predicted molar refractivity (Wildman–Crippen MR) is 117 cm³/mol. The molecule has 5 rings (SSSR count). The second kappa shape index (κ2) is 7.60. The molecule has 1 amide bonds. The molecule has 13 heteroatoms. The maximum absolute atomic E-state index is 12.6. The zero-order valence-corrected chi connectivity index (χ0v) is 18.9. The Morgan fingerprint density at radius 3 is 2.79 bits per heavy atom. The summed E-state index contributed by atoms with van der Waals surface area (Å²) in [5.41, 5.74) is 12.9. The maximum atomic E-state index is 12.6. The van der Waals surface area contributed by atoms with Crippen LogP contribution in [0.3, 0.4) is 0 Å². The number of imidazole rings is 1. The number of nitrogens with zero attached hydrogens (tertiary/aromatic N) is 4. The highest BCUT2D eigenvalue weighted by Gasteiger charge is 2.54. The Bertz CT molecular complexity index is 1420. The van der Waals surface area contributed by atoms with Gasteiger partial charge in [-0.1, -0.05) is 0 Å². The summed E-state index contributed by atoms with van der Waals surface area (Å²) < 4.78 is 10.8. The largest absolute Gasteiger partial charge is 0.543 e. The Balaban J connectivity index is 1.53. The van der Waals surface area contributed by atoms with Crippen LogP contribution in [0.25, 0.3) is 5.65 Å². The van der Waals surface area contributed by atoms with Gasteiger partial charge in [-0.3, -0.25) is 19.9 Å². The number of hydrogen-bond acceptors (Lipinski definition) is 8. The van der Waals surface area contributed by atoms with E-state index in [1.165, 1.54) is 13.2 Å². The fourth-order valence-corrected chi connectivity index (χ4v) is 5.76. The molecule has 5 N–H and O–H groups in total. The van der Waals surface area contributed by atoms with Gasteiger partial charge in [0.25, 0.3) is 0 Å². The molecule has 3 aromatic rings. The minimum Gasteiger partial charge on any atom is -0.543 e. The van der Waals surface area contributed by atoms with Gasteiger partial charge in [0.15, 0.2) is 29.0 Å². The summed E-state index contributed by atoms with van der Waals surface area (Å²) in [5, 5.41) is 19.1. The molecule has 0 radical (unpaired) electrons. The first-order valence-corrected chi connectivity index (χ1v) is 11.2. The van der Waals surface area contributed by atoms with Crippen LogP contribution in [-0.2, 0) is 27.5 Å². The van der Waals surface area contributed by atoms with E-state index in [0.717, 1.165) is 22.3 Å². The summed E-state index contributed by atoms with van der Waals surface area (Å²) in [7, 11) is 0. The molecule has 2 aliphatic heterocycles. The molecule has 0 aromatic carbocycles. The van der Waals surface area contributed by atoms with E-state index in [4.69, 9.17) is 21.3 Å². The first-order chi connectivity index (χ1) is 16.1. The molecule has 2 atom stereocenters. The second-order valence-electron chi connectivity index (χ2n) is 8.20. The van der Waals surface area contributed by atoms with Crippen molar-refractivity contribution in [3.63, 3.8) is 0 Å². The van der Waals surface area contributed by atoms with Crippen molar-refractivity contribution < 1.29 is 28.6 Å². The summed E-state index contributed by atoms with van der Waals surface area (Å²) in [4.78, 5) is 36.3. The molecule has 12 nitrogen and oxygen atoms in total. The number of carboxylic acids is 1. The Kier molecular flexibility index (Phi) is 4.91. The molecule has 0 bridgehead atoms. The number of amidine groups is 1. The summed E-state index contributed by atoms with van der Waals surface area (Å²) >= 11 is 1.08. The number of nitrogens with one attached hydrogen (secondary N) is 1. The van der Waals surface area contributed by atoms with E-state index in [0.29, 0.717) is 17.9 Å². The molecular formula is C21H21N7O5S. The quantitative estimate of drug-likeness (QED) is 0.157. The van der Waals surface area contributed by atoms with Crippen LogP contribution in [0.4, 0.5) is 0 Å². The van der Waals surface area contributed by atoms with E-state index in [-0.39, 0.29) is 36.0 Å². The number of carbonyl (C=O) groups excluding carboxylic acids is 3. The number of nitrogen functional groups attached to an aromatic ring is 1. The third-order valence-electron chi connectivity index (χ3n) is 6.12. The average Bonchev–Trinajstić information content (AvgIpc) is 3.48. The van der Waals surface area contributed by atoms with Gasteiger partial charge < -0.3 is 30.4 Å². The number of Topliss-reactive ketones (excluding diaryl/α,β-unsaturated/α-hetero) is 1. The number of thioether (sulfide) groups is 1. The lowest BCUT2D eigenvalue weighted by Gasteiger charge is -2.50. The minimum atomic E-state index is -1.60. The van der Waals surface area contributed by atoms with E-state index in [1.807, 2.05) is 10.6 Å². The number of furan rings is 1. The van der Waals surface area contributed by atoms with E-state index in [1.54, 1.807) is 33.9 Å². The van der Waals surface area contributed by atoms with E-state index in [9.17, 15) is 19.5 Å². The van der Waals surface area contributed by atoms with Gasteiger partial charge in [-0.2, -0.15) is 0 Å². The van der Waals surface area contributed by atoms with Crippen LogP contribution in [-0.4, -0.2) is 47.7 Å². The molecule has 176 valence electrons. The number of β-lactam (4-membered cyclic amide) rings is 1. The van der Waals surface area contributed by atoms with Gasteiger partial charge in [-0.25, -0.2) is 0 Å². The number of nitrogens with two attached hydrogens (primary N) is 2. The van der Waals surface area contributed by atoms with Crippen molar-refractivity contribution in [1.82, 2.24) is 14.0 Å². The third-order valence-corrected chi connectivity index (χ3v) is 7.67. The highest BCUT2D eigenvalue weighted by Crippen LogP contribution is 2.48. The van der Waals surface area contributed by atoms with Gasteiger partial charge in [0.05, 0.1) is 53.4 Å². The van der Waals surface area contributed by atoms with Crippen molar-refractivity contribution in [3.05, 3.63) is 59.6 Å². The fourth-order valence-electron chi connectivity index (χ4n) is 4.31. The van der Waals surface area contributed by atoms with Gasteiger partial charge >= 0.3 is 0 Å². The number of ketones is 1. The Labute approximate surface area is 196 Å². The number of rotatable bonds is 7. The number of carboxylic acid groups (broad SMARTS) is 1. The first-order valence-electron chi connectivity index (χ1n) is 10.3. The third kappa shape index (κ3) is 3.23. The van der Waals surface area contributed by atoms with E-state index in [2.05, 4.69) is 0 Å². The topological polar surface area (TPSA) is 180 Å². The van der Waals surface area contributed by atoms with Crippen molar-refractivity contribution in [1.29, 1.82) is 5.41 Å². The lowest BCUT2D eigenvalue weighted by Crippen LogP contribution is -2.64. The Morgan fingerprint density at radius 2 is 2.18 bits per heavy atom. The molecule has 3 aromatic heterocycles. The van der Waals surface area contributed by atoms with Crippen molar-refractivity contribution in [3.8, 4) is 0 Å². The monoisotopic (exact) mass is 483 g/mol. The van der Waals surface area contributed by atoms with Crippen molar-refractivity contribution in [2.75, 3.05) is 0 Å². The second-order valence-corrected chi connectivity index (χ2v) is 9.63. The highest BCUT2D eigenvalue weighted by atomic mass is 32.2. The molecule has 5 heterocycles. The van der Waals surface area contributed by atoms with Crippen molar-refractivity contribution in [2.45, 2.75) is 36.7 Å². The first kappa shape index (κ1) is 22.0. The molecule has 0 saturated carbocycles. The molecule has 2 aliphatic rings. The summed E-state index contributed by atoms with van der Waals surface area (Å²) in [6, 6.07) is 3.50. The van der Waals surface area contributed by atoms with Crippen LogP contribution >= 0.6 is 11.8 Å². The summed E-state index contributed by atoms with van der Waals surface area (Å²) in [6.45, 7) is 1.63. The van der Waals surface area contributed by atoms with Crippen LogP contribution in [0.2, 0.25) is 0 Å². The maximum Gasteiger partial charge on any atom is 0.230 e. The number of aliphatic carboxylic acids is 1. The number of hydrogen-bond donors (Lipinski definition) is 3. The summed E-state index contributed by atoms with van der Waals surface area (Å²) in [6.07, 6.45) is 6.83. The average molecular weight is 484 g/mol. The van der Waals surface area contributed by atoms with Crippen LogP contribution in [0.15, 0.2) is 52.7 Å². The standard InChI is InChI=1S/C21H21N7O5S/c1-11(29)21(24)14(18(20(31)32)28-16(30)7-17(28)34-21)9-26-3-2-15-25(4-5-27(15)26)8-13-6-12(10-33-13)19(22)23/h2-6,10,17H,7-9,24H2,1H3,(H3-,22,23,31,32). The van der Waals surface area contributed by atoms with Gasteiger partial charge in [0.1, 0.15) is 17.9 Å². The van der Waals surface area contributed by atoms with Gasteiger partial charge in [0, 0.05) is 6.20 Å². The zero-order valence-electron chi connectivity index (χ0n) is 18.1. The molecule has 2 unspecified atom stereocenters. The van der Waals surface area contributed by atoms with Crippen LogP contribution in [0.1, 0.15) is 24.7 Å². The van der Waals surface area contributed by atoms with Crippen molar-refractivity contribution in [2.24, 2.45) is 11.5 Å². The van der Waals surface area contributed by atoms with Crippen LogP contribution in [0, 0.1) is 5.41 Å². The van der Waals surface area contributed by atoms with Gasteiger partial charge in [-0.05, 0) is 13.0 Å². The van der Waals surface area contributed by atoms with Gasteiger partial charge in [-0.15, -0.1) is 21.0 Å². The van der Waals surface area contributed by atoms with E-state index >= 15 is 0 Å². The van der Waals surface area contributed by atoms with Crippen LogP contribution in [0.5, 0.6) is 0 Å². The number of carbonyl (C=O) groups is 3. The normalized spacial score (nSPS) is 22.1. The van der Waals surface area contributed by atoms with E-state index < -0.39 is 22.0 Å². The molecule has 1 fully saturated rings. The molecule has 0 spiro atoms. The zero-order chi connectivity index (χ0) is 24.4.